The molecule has 1 heterocycles. The molecular formula is C16H20N2O4S. The molecular weight excluding hydrogens is 316 g/mol. The van der Waals surface area contributed by atoms with Gasteiger partial charge in [-0.2, -0.15) is 0 Å². The first-order valence-electron chi connectivity index (χ1n) is 7.11. The summed E-state index contributed by atoms with van der Waals surface area (Å²) >= 11 is 1.30. The Morgan fingerprint density at radius 1 is 1.35 bits per heavy atom. The van der Waals surface area contributed by atoms with Crippen molar-refractivity contribution in [3.8, 4) is 22.1 Å². The first-order valence-corrected chi connectivity index (χ1v) is 7.93. The molecule has 124 valence electrons. The summed E-state index contributed by atoms with van der Waals surface area (Å²) in [6.45, 7) is 3.43. The van der Waals surface area contributed by atoms with Crippen LogP contribution in [-0.4, -0.2) is 42.9 Å². The van der Waals surface area contributed by atoms with Crippen molar-refractivity contribution >= 4 is 17.2 Å². The second-order valence-corrected chi connectivity index (χ2v) is 6.06. The number of rotatable bonds is 6. The van der Waals surface area contributed by atoms with Crippen molar-refractivity contribution in [3.63, 3.8) is 0 Å². The topological polar surface area (TPSA) is 80.7 Å². The fourth-order valence-electron chi connectivity index (χ4n) is 2.03. The average Bonchev–Trinajstić information content (AvgIpc) is 2.95. The van der Waals surface area contributed by atoms with E-state index in [-0.39, 0.29) is 18.6 Å². The van der Waals surface area contributed by atoms with Crippen molar-refractivity contribution in [1.82, 2.24) is 10.3 Å². The zero-order valence-corrected chi connectivity index (χ0v) is 14.4. The van der Waals surface area contributed by atoms with Crippen LogP contribution < -0.4 is 14.8 Å². The molecule has 0 unspecified atom stereocenters. The molecule has 2 N–H and O–H groups in total. The zero-order chi connectivity index (χ0) is 17.0. The minimum atomic E-state index is -0.298. The second kappa shape index (κ2) is 7.43. The number of methoxy groups -OCH3 is 2. The third-order valence-corrected chi connectivity index (χ3v) is 4.49. The van der Waals surface area contributed by atoms with Crippen LogP contribution in [0.25, 0.3) is 10.6 Å². The van der Waals surface area contributed by atoms with Gasteiger partial charge in [-0.25, -0.2) is 4.98 Å². The van der Waals surface area contributed by atoms with E-state index in [1.165, 1.54) is 11.3 Å². The lowest BCUT2D eigenvalue weighted by Crippen LogP contribution is -2.34. The fraction of sp³-hybridized carbons (Fsp3) is 0.375. The van der Waals surface area contributed by atoms with Crippen LogP contribution in [0.4, 0.5) is 0 Å². The van der Waals surface area contributed by atoms with E-state index in [0.29, 0.717) is 22.1 Å². The van der Waals surface area contributed by atoms with Crippen molar-refractivity contribution in [2.45, 2.75) is 19.9 Å². The third kappa shape index (κ3) is 3.80. The third-order valence-electron chi connectivity index (χ3n) is 3.28. The highest BCUT2D eigenvalue weighted by Gasteiger charge is 2.18. The van der Waals surface area contributed by atoms with E-state index < -0.39 is 0 Å². The summed E-state index contributed by atoms with van der Waals surface area (Å²) in [5, 5.41) is 12.5. The summed E-state index contributed by atoms with van der Waals surface area (Å²) in [7, 11) is 3.15. The monoisotopic (exact) mass is 336 g/mol. The number of hydrogen-bond donors (Lipinski definition) is 2. The number of carbonyl (C=O) groups excluding carboxylic acids is 1. The predicted octanol–water partition coefficient (Wildman–Crippen LogP) is 2.25. The number of nitrogens with zero attached hydrogens (tertiary/aromatic N) is 1. The second-order valence-electron chi connectivity index (χ2n) is 5.06. The summed E-state index contributed by atoms with van der Waals surface area (Å²) in [5.41, 5.74) is 1.51. The number of thiazole rings is 1. The Bertz CT molecular complexity index is 699. The maximum Gasteiger partial charge on any atom is 0.263 e. The van der Waals surface area contributed by atoms with E-state index >= 15 is 0 Å². The lowest BCUT2D eigenvalue weighted by molar-refractivity contribution is 0.0925. The molecule has 2 rings (SSSR count). The molecule has 0 spiro atoms. The lowest BCUT2D eigenvalue weighted by Gasteiger charge is -2.09. The highest BCUT2D eigenvalue weighted by molar-refractivity contribution is 7.17. The number of hydrogen-bond acceptors (Lipinski definition) is 6. The number of aliphatic hydroxyl groups is 1. The maximum absolute atomic E-state index is 12.2. The maximum atomic E-state index is 12.2. The normalized spacial score (nSPS) is 11.9. The predicted molar refractivity (Wildman–Crippen MR) is 89.4 cm³/mol. The van der Waals surface area contributed by atoms with E-state index in [1.54, 1.807) is 34.1 Å². The number of amides is 1. The Hall–Kier alpha value is -2.12. The average molecular weight is 336 g/mol. The van der Waals surface area contributed by atoms with Gasteiger partial charge in [0.25, 0.3) is 5.91 Å². The molecule has 0 aliphatic rings. The zero-order valence-electron chi connectivity index (χ0n) is 13.5. The van der Waals surface area contributed by atoms with Gasteiger partial charge in [0.1, 0.15) is 9.88 Å². The summed E-state index contributed by atoms with van der Waals surface area (Å²) < 4.78 is 10.5. The Balaban J connectivity index is 2.32. The summed E-state index contributed by atoms with van der Waals surface area (Å²) in [6.07, 6.45) is 0. The van der Waals surface area contributed by atoms with Crippen LogP contribution in [0, 0.1) is 6.92 Å². The molecule has 0 aliphatic heterocycles. The van der Waals surface area contributed by atoms with E-state index in [9.17, 15) is 4.79 Å². The van der Waals surface area contributed by atoms with Gasteiger partial charge in [0, 0.05) is 11.6 Å². The molecule has 23 heavy (non-hydrogen) atoms. The first-order chi connectivity index (χ1) is 11.0. The van der Waals surface area contributed by atoms with Gasteiger partial charge >= 0.3 is 0 Å². The molecule has 0 saturated heterocycles. The van der Waals surface area contributed by atoms with Gasteiger partial charge in [0.2, 0.25) is 0 Å². The Kier molecular flexibility index (Phi) is 5.57. The van der Waals surface area contributed by atoms with E-state index in [1.807, 2.05) is 12.1 Å². The molecule has 0 bridgehead atoms. The smallest absolute Gasteiger partial charge is 0.263 e. The molecule has 0 aliphatic carbocycles. The van der Waals surface area contributed by atoms with Gasteiger partial charge in [0.05, 0.1) is 26.5 Å². The van der Waals surface area contributed by atoms with Crippen molar-refractivity contribution in [2.24, 2.45) is 0 Å². The van der Waals surface area contributed by atoms with E-state index in [4.69, 9.17) is 14.6 Å². The van der Waals surface area contributed by atoms with Gasteiger partial charge < -0.3 is 19.9 Å². The van der Waals surface area contributed by atoms with E-state index in [0.717, 1.165) is 10.6 Å². The van der Waals surface area contributed by atoms with Gasteiger partial charge in [-0.3, -0.25) is 4.79 Å². The molecule has 0 radical (unpaired) electrons. The summed E-state index contributed by atoms with van der Waals surface area (Å²) in [4.78, 5) is 17.2. The van der Waals surface area contributed by atoms with Crippen molar-refractivity contribution in [2.75, 3.05) is 20.8 Å². The number of aryl methyl sites for hydroxylation is 1. The lowest BCUT2D eigenvalue weighted by atomic mass is 10.2. The Morgan fingerprint density at radius 2 is 2.04 bits per heavy atom. The quantitative estimate of drug-likeness (QED) is 0.846. The number of carbonyl (C=O) groups is 1. The fourth-order valence-corrected chi connectivity index (χ4v) is 3.00. The van der Waals surface area contributed by atoms with Crippen LogP contribution >= 0.6 is 11.3 Å². The minimum Gasteiger partial charge on any atom is -0.493 e. The largest absolute Gasteiger partial charge is 0.493 e. The number of ether oxygens (including phenoxy) is 2. The van der Waals surface area contributed by atoms with Crippen molar-refractivity contribution in [3.05, 3.63) is 28.8 Å². The van der Waals surface area contributed by atoms with Crippen LogP contribution in [-0.2, 0) is 0 Å². The number of benzene rings is 1. The SMILES string of the molecule is COc1ccc(-c2nc(C)c(C(=O)N[C@@H](C)CO)s2)cc1OC. The molecule has 2 aromatic rings. The molecule has 7 heteroatoms. The molecule has 0 fully saturated rings. The van der Waals surface area contributed by atoms with Gasteiger partial charge in [0.15, 0.2) is 11.5 Å². The van der Waals surface area contributed by atoms with Crippen molar-refractivity contribution < 1.29 is 19.4 Å². The number of aromatic nitrogens is 1. The van der Waals surface area contributed by atoms with Gasteiger partial charge in [-0.05, 0) is 32.0 Å². The number of aliphatic hydroxyl groups excluding tert-OH is 1. The Labute approximate surface area is 139 Å². The van der Waals surface area contributed by atoms with Crippen LogP contribution in [0.5, 0.6) is 11.5 Å². The Morgan fingerprint density at radius 3 is 2.65 bits per heavy atom. The first kappa shape index (κ1) is 17.2. The van der Waals surface area contributed by atoms with Crippen LogP contribution in [0.15, 0.2) is 18.2 Å². The summed E-state index contributed by atoms with van der Waals surface area (Å²) in [5.74, 6) is 1.02. The minimum absolute atomic E-state index is 0.105. The standard InChI is InChI=1S/C16H20N2O4S/c1-9(8-19)17-15(20)14-10(2)18-16(23-14)11-5-6-12(21-3)13(7-11)22-4/h5-7,9,19H,8H2,1-4H3,(H,17,20)/t9-/m0/s1. The van der Waals surface area contributed by atoms with Gasteiger partial charge in [-0.1, -0.05) is 0 Å². The molecule has 1 atom stereocenters. The highest BCUT2D eigenvalue weighted by atomic mass is 32.1. The molecule has 1 aromatic carbocycles. The van der Waals surface area contributed by atoms with Crippen LogP contribution in [0.1, 0.15) is 22.3 Å². The molecule has 0 saturated carbocycles. The summed E-state index contributed by atoms with van der Waals surface area (Å²) in [6, 6.07) is 5.21. The van der Waals surface area contributed by atoms with Crippen molar-refractivity contribution in [1.29, 1.82) is 0 Å². The van der Waals surface area contributed by atoms with Crippen LogP contribution in [0.2, 0.25) is 0 Å². The number of nitrogens with one attached hydrogen (secondary N) is 1. The van der Waals surface area contributed by atoms with E-state index in [2.05, 4.69) is 10.3 Å². The van der Waals surface area contributed by atoms with Crippen LogP contribution in [0.3, 0.4) is 0 Å². The highest BCUT2D eigenvalue weighted by Crippen LogP contribution is 2.34. The molecule has 6 nitrogen and oxygen atoms in total. The molecule has 1 aromatic heterocycles. The van der Waals surface area contributed by atoms with Gasteiger partial charge in [-0.15, -0.1) is 11.3 Å². The molecule has 1 amide bonds.